The van der Waals surface area contributed by atoms with Crippen LogP contribution in [0.25, 0.3) is 0 Å². The SMILES string of the molecule is CC(c1ccc(F)cc1)N1CC(C)(C)OC(=O)C1=O. The van der Waals surface area contributed by atoms with Crippen LogP contribution in [-0.4, -0.2) is 28.9 Å². The first-order valence-corrected chi connectivity index (χ1v) is 6.09. The molecule has 0 radical (unpaired) electrons. The van der Waals surface area contributed by atoms with Crippen molar-refractivity contribution in [2.75, 3.05) is 6.54 Å². The van der Waals surface area contributed by atoms with Crippen molar-refractivity contribution in [2.24, 2.45) is 0 Å². The van der Waals surface area contributed by atoms with E-state index in [-0.39, 0.29) is 11.9 Å². The van der Waals surface area contributed by atoms with Gasteiger partial charge in [-0.2, -0.15) is 0 Å². The van der Waals surface area contributed by atoms with E-state index in [9.17, 15) is 14.0 Å². The highest BCUT2D eigenvalue weighted by molar-refractivity contribution is 6.33. The molecule has 0 bridgehead atoms. The Balaban J connectivity index is 2.26. The van der Waals surface area contributed by atoms with E-state index in [1.807, 2.05) is 0 Å². The van der Waals surface area contributed by atoms with Crippen molar-refractivity contribution in [3.63, 3.8) is 0 Å². The van der Waals surface area contributed by atoms with E-state index in [1.165, 1.54) is 17.0 Å². The van der Waals surface area contributed by atoms with Gasteiger partial charge in [-0.15, -0.1) is 0 Å². The van der Waals surface area contributed by atoms with Crippen molar-refractivity contribution >= 4 is 11.9 Å². The van der Waals surface area contributed by atoms with Gasteiger partial charge in [0, 0.05) is 0 Å². The number of esters is 1. The van der Waals surface area contributed by atoms with E-state index in [0.717, 1.165) is 5.56 Å². The third-order valence-corrected chi connectivity index (χ3v) is 3.18. The first kappa shape index (κ1) is 13.5. The largest absolute Gasteiger partial charge is 0.451 e. The maximum Gasteiger partial charge on any atom is 0.397 e. The van der Waals surface area contributed by atoms with E-state index >= 15 is 0 Å². The molecule has 1 heterocycles. The van der Waals surface area contributed by atoms with E-state index in [2.05, 4.69) is 0 Å². The van der Waals surface area contributed by atoms with Crippen LogP contribution in [0.15, 0.2) is 24.3 Å². The number of benzene rings is 1. The van der Waals surface area contributed by atoms with Gasteiger partial charge >= 0.3 is 11.9 Å². The number of hydrogen-bond acceptors (Lipinski definition) is 3. The molecule has 0 saturated carbocycles. The number of carbonyl (C=O) groups is 2. The predicted octanol–water partition coefficient (Wildman–Crippen LogP) is 2.05. The third-order valence-electron chi connectivity index (χ3n) is 3.18. The molecule has 1 saturated heterocycles. The van der Waals surface area contributed by atoms with Crippen LogP contribution in [0.5, 0.6) is 0 Å². The molecule has 4 nitrogen and oxygen atoms in total. The smallest absolute Gasteiger partial charge is 0.397 e. The number of amides is 1. The average molecular weight is 265 g/mol. The molecule has 1 aromatic rings. The summed E-state index contributed by atoms with van der Waals surface area (Å²) in [6.45, 7) is 5.62. The zero-order valence-corrected chi connectivity index (χ0v) is 11.1. The number of halogens is 1. The third kappa shape index (κ3) is 2.75. The van der Waals surface area contributed by atoms with Gasteiger partial charge in [-0.05, 0) is 38.5 Å². The van der Waals surface area contributed by atoms with Crippen LogP contribution in [0, 0.1) is 5.82 Å². The Hall–Kier alpha value is -1.91. The Morgan fingerprint density at radius 2 is 1.84 bits per heavy atom. The fraction of sp³-hybridized carbons (Fsp3) is 0.429. The quantitative estimate of drug-likeness (QED) is 0.607. The standard InChI is InChI=1S/C14H16FNO3/c1-9(10-4-6-11(15)7-5-10)16-8-14(2,3)19-13(18)12(16)17/h4-7,9H,8H2,1-3H3. The summed E-state index contributed by atoms with van der Waals surface area (Å²) in [5.41, 5.74) is 0.0690. The van der Waals surface area contributed by atoms with Gasteiger partial charge in [-0.25, -0.2) is 9.18 Å². The summed E-state index contributed by atoms with van der Waals surface area (Å²) >= 11 is 0. The van der Waals surface area contributed by atoms with Gasteiger partial charge in [0.05, 0.1) is 12.6 Å². The fourth-order valence-corrected chi connectivity index (χ4v) is 2.16. The molecule has 19 heavy (non-hydrogen) atoms. The fourth-order valence-electron chi connectivity index (χ4n) is 2.16. The minimum absolute atomic E-state index is 0.305. The number of rotatable bonds is 2. The van der Waals surface area contributed by atoms with E-state index in [4.69, 9.17) is 4.74 Å². The maximum atomic E-state index is 12.9. The van der Waals surface area contributed by atoms with Crippen LogP contribution in [0.2, 0.25) is 0 Å². The van der Waals surface area contributed by atoms with Crippen molar-refractivity contribution in [3.8, 4) is 0 Å². The molecule has 1 amide bonds. The van der Waals surface area contributed by atoms with Crippen LogP contribution >= 0.6 is 0 Å². The summed E-state index contributed by atoms with van der Waals surface area (Å²) in [6.07, 6.45) is 0. The Labute approximate surface area is 111 Å². The number of carbonyl (C=O) groups excluding carboxylic acids is 2. The Bertz CT molecular complexity index is 510. The molecule has 0 aromatic heterocycles. The summed E-state index contributed by atoms with van der Waals surface area (Å²) in [7, 11) is 0. The first-order chi connectivity index (χ1) is 8.80. The normalized spacial score (nSPS) is 20.1. The molecule has 1 unspecified atom stereocenters. The molecular weight excluding hydrogens is 249 g/mol. The molecule has 0 N–H and O–H groups in total. The highest BCUT2D eigenvalue weighted by Gasteiger charge is 2.41. The Kier molecular flexibility index (Phi) is 3.30. The van der Waals surface area contributed by atoms with Crippen LogP contribution in [0.3, 0.4) is 0 Å². The first-order valence-electron chi connectivity index (χ1n) is 6.09. The topological polar surface area (TPSA) is 46.6 Å². The lowest BCUT2D eigenvalue weighted by atomic mass is 10.0. The van der Waals surface area contributed by atoms with E-state index in [1.54, 1.807) is 32.9 Å². The number of cyclic esters (lactones) is 1. The van der Waals surface area contributed by atoms with Crippen molar-refractivity contribution < 1.29 is 18.7 Å². The number of morpholine rings is 1. The molecule has 1 atom stereocenters. The van der Waals surface area contributed by atoms with Crippen molar-refractivity contribution in [3.05, 3.63) is 35.6 Å². The molecule has 102 valence electrons. The maximum absolute atomic E-state index is 12.9. The minimum Gasteiger partial charge on any atom is -0.451 e. The monoisotopic (exact) mass is 265 g/mol. The number of hydrogen-bond donors (Lipinski definition) is 0. The van der Waals surface area contributed by atoms with Crippen LogP contribution in [0.4, 0.5) is 4.39 Å². The summed E-state index contributed by atoms with van der Waals surface area (Å²) in [4.78, 5) is 24.9. The zero-order valence-electron chi connectivity index (χ0n) is 11.1. The number of ether oxygens (including phenoxy) is 1. The van der Waals surface area contributed by atoms with Gasteiger partial charge in [0.25, 0.3) is 0 Å². The van der Waals surface area contributed by atoms with Crippen LogP contribution < -0.4 is 0 Å². The Morgan fingerprint density at radius 1 is 1.26 bits per heavy atom. The average Bonchev–Trinajstić information content (AvgIpc) is 2.33. The zero-order chi connectivity index (χ0) is 14.2. The molecule has 1 aliphatic heterocycles. The predicted molar refractivity (Wildman–Crippen MR) is 66.7 cm³/mol. The lowest BCUT2D eigenvalue weighted by molar-refractivity contribution is -0.182. The molecule has 5 heteroatoms. The van der Waals surface area contributed by atoms with Gasteiger partial charge in [-0.1, -0.05) is 12.1 Å². The summed E-state index contributed by atoms with van der Waals surface area (Å²) in [5.74, 6) is -1.83. The van der Waals surface area contributed by atoms with Gasteiger partial charge < -0.3 is 9.64 Å². The molecule has 2 rings (SSSR count). The van der Waals surface area contributed by atoms with Gasteiger partial charge in [-0.3, -0.25) is 4.79 Å². The Morgan fingerprint density at radius 3 is 2.42 bits per heavy atom. The molecule has 1 aromatic carbocycles. The van der Waals surface area contributed by atoms with Crippen molar-refractivity contribution in [2.45, 2.75) is 32.4 Å². The van der Waals surface area contributed by atoms with Gasteiger partial charge in [0.2, 0.25) is 0 Å². The van der Waals surface area contributed by atoms with Crippen molar-refractivity contribution in [1.82, 2.24) is 4.90 Å². The molecule has 0 spiro atoms. The molecule has 1 fully saturated rings. The molecule has 0 aliphatic carbocycles. The van der Waals surface area contributed by atoms with Crippen molar-refractivity contribution in [1.29, 1.82) is 0 Å². The van der Waals surface area contributed by atoms with E-state index < -0.39 is 17.5 Å². The summed E-state index contributed by atoms with van der Waals surface area (Å²) in [6, 6.07) is 5.59. The second-order valence-corrected chi connectivity index (χ2v) is 5.31. The lowest BCUT2D eigenvalue weighted by Crippen LogP contribution is -2.54. The second-order valence-electron chi connectivity index (χ2n) is 5.31. The second kappa shape index (κ2) is 4.64. The molecular formula is C14H16FNO3. The highest BCUT2D eigenvalue weighted by Crippen LogP contribution is 2.27. The van der Waals surface area contributed by atoms with Crippen LogP contribution in [0.1, 0.15) is 32.4 Å². The highest BCUT2D eigenvalue weighted by atomic mass is 19.1. The van der Waals surface area contributed by atoms with E-state index in [0.29, 0.717) is 6.54 Å². The lowest BCUT2D eigenvalue weighted by Gasteiger charge is -2.40. The summed E-state index contributed by atoms with van der Waals surface area (Å²) < 4.78 is 17.9. The van der Waals surface area contributed by atoms with Gasteiger partial charge in [0.15, 0.2) is 0 Å². The molecule has 1 aliphatic rings. The minimum atomic E-state index is -0.842. The van der Waals surface area contributed by atoms with Gasteiger partial charge in [0.1, 0.15) is 11.4 Å². The number of nitrogens with zero attached hydrogens (tertiary/aromatic N) is 1. The van der Waals surface area contributed by atoms with Crippen LogP contribution in [-0.2, 0) is 14.3 Å². The summed E-state index contributed by atoms with van der Waals surface area (Å²) in [5, 5.41) is 0.